The third-order valence-corrected chi connectivity index (χ3v) is 5.57. The first kappa shape index (κ1) is 20.1. The van der Waals surface area contributed by atoms with Gasteiger partial charge >= 0.3 is 0 Å². The van der Waals surface area contributed by atoms with Crippen molar-refractivity contribution in [3.8, 4) is 5.69 Å². The minimum absolute atomic E-state index is 0.0976. The lowest BCUT2D eigenvalue weighted by Gasteiger charge is -2.13. The normalized spacial score (nSPS) is 14.0. The van der Waals surface area contributed by atoms with E-state index in [1.165, 1.54) is 16.7 Å². The van der Waals surface area contributed by atoms with Crippen LogP contribution in [-0.4, -0.2) is 51.0 Å². The molecule has 1 aromatic heterocycles. The number of carbonyl (C=O) groups is 3. The molecule has 0 unspecified atom stereocenters. The summed E-state index contributed by atoms with van der Waals surface area (Å²) in [5.41, 5.74) is 3.36. The number of hydrogen-bond acceptors (Lipinski definition) is 5. The summed E-state index contributed by atoms with van der Waals surface area (Å²) in [6.07, 6.45) is 4.78. The van der Waals surface area contributed by atoms with Gasteiger partial charge in [0.2, 0.25) is 17.7 Å². The molecule has 0 atom stereocenters. The molecule has 0 aliphatic carbocycles. The molecule has 1 aliphatic heterocycles. The van der Waals surface area contributed by atoms with Crippen LogP contribution in [0.3, 0.4) is 0 Å². The van der Waals surface area contributed by atoms with Crippen molar-refractivity contribution in [3.63, 3.8) is 0 Å². The van der Waals surface area contributed by atoms with Crippen LogP contribution in [0.15, 0.2) is 35.7 Å². The zero-order chi connectivity index (χ0) is 20.1. The molecule has 0 saturated carbocycles. The average molecular weight is 401 g/mol. The second-order valence-electron chi connectivity index (χ2n) is 6.80. The summed E-state index contributed by atoms with van der Waals surface area (Å²) in [5.74, 6) is -0.0846. The molecule has 2 aromatic rings. The molecule has 3 rings (SSSR count). The van der Waals surface area contributed by atoms with Crippen molar-refractivity contribution in [1.29, 1.82) is 0 Å². The van der Waals surface area contributed by atoms with Gasteiger partial charge in [-0.2, -0.15) is 0 Å². The highest BCUT2D eigenvalue weighted by Gasteiger charge is 2.27. The molecule has 8 heteroatoms. The van der Waals surface area contributed by atoms with E-state index >= 15 is 0 Å². The number of imidazole rings is 1. The highest BCUT2D eigenvalue weighted by Crippen LogP contribution is 2.23. The van der Waals surface area contributed by atoms with Gasteiger partial charge in [0, 0.05) is 38.3 Å². The Morgan fingerprint density at radius 2 is 1.96 bits per heavy atom. The third kappa shape index (κ3) is 4.81. The maximum atomic E-state index is 12.1. The lowest BCUT2D eigenvalue weighted by Crippen LogP contribution is -2.33. The minimum Gasteiger partial charge on any atom is -0.355 e. The second-order valence-corrected chi connectivity index (χ2v) is 7.74. The van der Waals surface area contributed by atoms with Crippen LogP contribution in [0.25, 0.3) is 5.69 Å². The van der Waals surface area contributed by atoms with Crippen LogP contribution in [0.4, 0.5) is 0 Å². The molecule has 0 radical (unpaired) electrons. The first-order valence-corrected chi connectivity index (χ1v) is 10.3. The summed E-state index contributed by atoms with van der Waals surface area (Å²) in [6, 6.07) is 6.24. The number of thioether (sulfide) groups is 1. The molecular formula is C20H24N4O3S. The van der Waals surface area contributed by atoms with E-state index in [0.717, 1.165) is 22.0 Å². The molecule has 1 saturated heterocycles. The van der Waals surface area contributed by atoms with Crippen molar-refractivity contribution >= 4 is 29.5 Å². The van der Waals surface area contributed by atoms with Gasteiger partial charge in [0.1, 0.15) is 0 Å². The van der Waals surface area contributed by atoms with Gasteiger partial charge in [-0.1, -0.05) is 23.9 Å². The number of imide groups is 1. The molecule has 1 fully saturated rings. The number of benzene rings is 1. The van der Waals surface area contributed by atoms with Gasteiger partial charge in [0.05, 0.1) is 11.4 Å². The Morgan fingerprint density at radius 1 is 1.21 bits per heavy atom. The molecule has 3 amide bonds. The van der Waals surface area contributed by atoms with Crippen molar-refractivity contribution in [1.82, 2.24) is 19.8 Å². The first-order chi connectivity index (χ1) is 13.5. The molecule has 28 heavy (non-hydrogen) atoms. The van der Waals surface area contributed by atoms with Gasteiger partial charge in [-0.15, -0.1) is 0 Å². The molecular weight excluding hydrogens is 376 g/mol. The number of rotatable bonds is 8. The van der Waals surface area contributed by atoms with Crippen LogP contribution in [0.1, 0.15) is 30.4 Å². The molecule has 148 valence electrons. The summed E-state index contributed by atoms with van der Waals surface area (Å²) in [4.78, 5) is 40.9. The highest BCUT2D eigenvalue weighted by molar-refractivity contribution is 7.99. The van der Waals surface area contributed by atoms with E-state index in [4.69, 9.17) is 0 Å². The first-order valence-electron chi connectivity index (χ1n) is 9.29. The van der Waals surface area contributed by atoms with E-state index in [9.17, 15) is 14.4 Å². The largest absolute Gasteiger partial charge is 0.355 e. The number of nitrogens with one attached hydrogen (secondary N) is 1. The molecule has 0 spiro atoms. The zero-order valence-corrected chi connectivity index (χ0v) is 16.9. The Bertz CT molecular complexity index is 877. The number of likely N-dealkylation sites (tertiary alicyclic amines) is 1. The van der Waals surface area contributed by atoms with Crippen LogP contribution >= 0.6 is 11.8 Å². The fourth-order valence-electron chi connectivity index (χ4n) is 3.08. The predicted molar refractivity (Wildman–Crippen MR) is 107 cm³/mol. The molecule has 1 aliphatic rings. The molecule has 1 aromatic carbocycles. The Labute approximate surface area is 168 Å². The maximum Gasteiger partial charge on any atom is 0.230 e. The van der Waals surface area contributed by atoms with Gasteiger partial charge in [-0.25, -0.2) is 4.98 Å². The summed E-state index contributed by atoms with van der Waals surface area (Å²) >= 11 is 1.38. The van der Waals surface area contributed by atoms with Crippen molar-refractivity contribution in [3.05, 3.63) is 41.7 Å². The number of nitrogens with zero attached hydrogens (tertiary/aromatic N) is 3. The Balaban J connectivity index is 1.47. The minimum atomic E-state index is -0.120. The lowest BCUT2D eigenvalue weighted by molar-refractivity contribution is -0.138. The third-order valence-electron chi connectivity index (χ3n) is 4.60. The Kier molecular flexibility index (Phi) is 6.51. The monoisotopic (exact) mass is 400 g/mol. The molecule has 7 nitrogen and oxygen atoms in total. The topological polar surface area (TPSA) is 84.3 Å². The summed E-state index contributed by atoms with van der Waals surface area (Å²) < 4.78 is 1.99. The van der Waals surface area contributed by atoms with Gasteiger partial charge in [0.25, 0.3) is 0 Å². The number of amides is 3. The highest BCUT2D eigenvalue weighted by atomic mass is 32.2. The Hall–Kier alpha value is -2.61. The van der Waals surface area contributed by atoms with E-state index in [0.29, 0.717) is 32.4 Å². The van der Waals surface area contributed by atoms with Gasteiger partial charge < -0.3 is 5.32 Å². The molecule has 2 heterocycles. The van der Waals surface area contributed by atoms with Gasteiger partial charge in [-0.05, 0) is 37.5 Å². The smallest absolute Gasteiger partial charge is 0.230 e. The van der Waals surface area contributed by atoms with Crippen molar-refractivity contribution < 1.29 is 14.4 Å². The standard InChI is InChI=1S/C20H24N4O3S/c1-14-4-5-15(2)16(12-14)23-11-9-22-20(23)28-13-17(25)21-8-3-10-24-18(26)6-7-19(24)27/h4-5,9,11-12H,3,6-8,10,13H2,1-2H3,(H,21,25). The van der Waals surface area contributed by atoms with Crippen molar-refractivity contribution in [2.24, 2.45) is 0 Å². The Morgan fingerprint density at radius 3 is 2.71 bits per heavy atom. The van der Waals surface area contributed by atoms with E-state index in [1.807, 2.05) is 24.6 Å². The predicted octanol–water partition coefficient (Wildman–Crippen LogP) is 2.24. The number of hydrogen-bond donors (Lipinski definition) is 1. The van der Waals surface area contributed by atoms with Gasteiger partial charge in [-0.3, -0.25) is 23.9 Å². The van der Waals surface area contributed by atoms with E-state index in [2.05, 4.69) is 28.5 Å². The maximum absolute atomic E-state index is 12.1. The van der Waals surface area contributed by atoms with Crippen molar-refractivity contribution in [2.75, 3.05) is 18.8 Å². The lowest BCUT2D eigenvalue weighted by atomic mass is 10.1. The SMILES string of the molecule is Cc1ccc(C)c(-n2ccnc2SCC(=O)NCCCN2C(=O)CCC2=O)c1. The summed E-state index contributed by atoms with van der Waals surface area (Å²) in [5, 5.41) is 3.59. The fourth-order valence-corrected chi connectivity index (χ4v) is 3.87. The van der Waals surface area contributed by atoms with Crippen LogP contribution < -0.4 is 5.32 Å². The molecule has 0 bridgehead atoms. The number of carbonyl (C=O) groups excluding carboxylic acids is 3. The van der Waals surface area contributed by atoms with Crippen LogP contribution in [-0.2, 0) is 14.4 Å². The summed E-state index contributed by atoms with van der Waals surface area (Å²) in [6.45, 7) is 4.89. The zero-order valence-electron chi connectivity index (χ0n) is 16.1. The van der Waals surface area contributed by atoms with Crippen LogP contribution in [0.5, 0.6) is 0 Å². The second kappa shape index (κ2) is 9.05. The van der Waals surface area contributed by atoms with Crippen LogP contribution in [0, 0.1) is 13.8 Å². The van der Waals surface area contributed by atoms with Crippen LogP contribution in [0.2, 0.25) is 0 Å². The van der Waals surface area contributed by atoms with Gasteiger partial charge in [0.15, 0.2) is 5.16 Å². The van der Waals surface area contributed by atoms with Crippen molar-refractivity contribution in [2.45, 2.75) is 38.3 Å². The quantitative estimate of drug-likeness (QED) is 0.417. The van der Waals surface area contributed by atoms with E-state index in [-0.39, 0.29) is 23.5 Å². The van der Waals surface area contributed by atoms with E-state index in [1.54, 1.807) is 6.20 Å². The fraction of sp³-hybridized carbons (Fsp3) is 0.400. The van der Waals surface area contributed by atoms with E-state index < -0.39 is 0 Å². The average Bonchev–Trinajstić information content (AvgIpc) is 3.26. The molecule has 1 N–H and O–H groups in total. The number of aryl methyl sites for hydroxylation is 2. The number of aromatic nitrogens is 2. The summed E-state index contributed by atoms with van der Waals surface area (Å²) in [7, 11) is 0.